The zero-order valence-electron chi connectivity index (χ0n) is 15.6. The molecule has 0 aliphatic carbocycles. The van der Waals surface area contributed by atoms with Crippen molar-refractivity contribution in [1.29, 1.82) is 0 Å². The molecule has 1 aromatic rings. The Kier molecular flexibility index (Phi) is 12.8. The smallest absolute Gasteiger partial charge is 0.407 e. The van der Waals surface area contributed by atoms with E-state index in [1.165, 1.54) is 0 Å². The zero-order chi connectivity index (χ0) is 20.5. The molecule has 0 fully saturated rings. The van der Waals surface area contributed by atoms with Crippen LogP contribution in [0.2, 0.25) is 0 Å². The third-order valence-electron chi connectivity index (χ3n) is 3.13. The Hall–Kier alpha value is -2.69. The molecule has 10 nitrogen and oxygen atoms in total. The Morgan fingerprint density at radius 1 is 0.821 bits per heavy atom. The monoisotopic (exact) mass is 398 g/mol. The molecular formula is C18H26N2O8. The molecule has 0 saturated heterocycles. The van der Waals surface area contributed by atoms with E-state index in [0.717, 1.165) is 5.56 Å². The first-order valence-corrected chi connectivity index (χ1v) is 8.74. The Bertz CT molecular complexity index is 582. The molecule has 0 saturated carbocycles. The van der Waals surface area contributed by atoms with E-state index in [-0.39, 0.29) is 26.4 Å². The van der Waals surface area contributed by atoms with E-state index in [0.29, 0.717) is 26.4 Å². The minimum Gasteiger partial charge on any atom is -0.480 e. The maximum atomic E-state index is 11.5. The first kappa shape index (κ1) is 23.3. The number of nitrogens with one attached hydrogen (secondary N) is 2. The van der Waals surface area contributed by atoms with Gasteiger partial charge in [-0.2, -0.15) is 0 Å². The fourth-order valence-electron chi connectivity index (χ4n) is 1.87. The SMILES string of the molecule is O=C(O)COCC(=O)NCCOCCOCCNC(=O)OCc1ccccc1. The number of aliphatic carboxylic acids is 1. The van der Waals surface area contributed by atoms with Gasteiger partial charge in [-0.25, -0.2) is 9.59 Å². The molecule has 0 aromatic heterocycles. The largest absolute Gasteiger partial charge is 0.480 e. The first-order chi connectivity index (χ1) is 13.6. The summed E-state index contributed by atoms with van der Waals surface area (Å²) in [7, 11) is 0. The summed E-state index contributed by atoms with van der Waals surface area (Å²) in [6.45, 7) is 1.28. The Morgan fingerprint density at radius 3 is 2.11 bits per heavy atom. The van der Waals surface area contributed by atoms with Crippen LogP contribution in [0.15, 0.2) is 30.3 Å². The van der Waals surface area contributed by atoms with Crippen molar-refractivity contribution in [3.63, 3.8) is 0 Å². The van der Waals surface area contributed by atoms with Gasteiger partial charge in [0.15, 0.2) is 0 Å². The second-order valence-corrected chi connectivity index (χ2v) is 5.45. The lowest BCUT2D eigenvalue weighted by molar-refractivity contribution is -0.143. The van der Waals surface area contributed by atoms with Crippen molar-refractivity contribution in [2.75, 3.05) is 52.7 Å². The van der Waals surface area contributed by atoms with Gasteiger partial charge in [0.2, 0.25) is 5.91 Å². The molecule has 0 heterocycles. The van der Waals surface area contributed by atoms with E-state index in [4.69, 9.17) is 19.3 Å². The number of rotatable bonds is 15. The average Bonchev–Trinajstić information content (AvgIpc) is 2.68. The maximum absolute atomic E-state index is 11.5. The minimum atomic E-state index is -1.13. The summed E-state index contributed by atoms with van der Waals surface area (Å²) in [6, 6.07) is 9.37. The summed E-state index contributed by atoms with van der Waals surface area (Å²) in [5, 5.41) is 13.5. The predicted octanol–water partition coefficient (Wildman–Crippen LogP) is 0.163. The molecule has 0 atom stereocenters. The van der Waals surface area contributed by atoms with Gasteiger partial charge in [-0.1, -0.05) is 30.3 Å². The van der Waals surface area contributed by atoms with Crippen LogP contribution in [-0.2, 0) is 35.1 Å². The highest BCUT2D eigenvalue weighted by Gasteiger charge is 2.03. The van der Waals surface area contributed by atoms with Crippen LogP contribution >= 0.6 is 0 Å². The number of carbonyl (C=O) groups excluding carboxylic acids is 2. The van der Waals surface area contributed by atoms with Crippen LogP contribution in [-0.4, -0.2) is 75.8 Å². The molecule has 0 aliphatic heterocycles. The number of hydrogen-bond donors (Lipinski definition) is 3. The van der Waals surface area contributed by atoms with Crippen molar-refractivity contribution in [1.82, 2.24) is 10.6 Å². The van der Waals surface area contributed by atoms with Crippen LogP contribution in [0, 0.1) is 0 Å². The molecule has 28 heavy (non-hydrogen) atoms. The van der Waals surface area contributed by atoms with Crippen molar-refractivity contribution in [3.8, 4) is 0 Å². The lowest BCUT2D eigenvalue weighted by Crippen LogP contribution is -2.31. The van der Waals surface area contributed by atoms with Gasteiger partial charge in [-0.15, -0.1) is 0 Å². The number of ether oxygens (including phenoxy) is 4. The molecule has 156 valence electrons. The topological polar surface area (TPSA) is 132 Å². The normalized spacial score (nSPS) is 10.3. The van der Waals surface area contributed by atoms with Gasteiger partial charge in [0.25, 0.3) is 0 Å². The highest BCUT2D eigenvalue weighted by atomic mass is 16.6. The third kappa shape index (κ3) is 13.5. The second kappa shape index (κ2) is 15.4. The predicted molar refractivity (Wildman–Crippen MR) is 97.7 cm³/mol. The minimum absolute atomic E-state index is 0.212. The van der Waals surface area contributed by atoms with Crippen LogP contribution in [0.3, 0.4) is 0 Å². The van der Waals surface area contributed by atoms with Crippen LogP contribution in [0.1, 0.15) is 5.56 Å². The number of carboxylic acids is 1. The summed E-state index contributed by atoms with van der Waals surface area (Å²) in [5.41, 5.74) is 0.912. The zero-order valence-corrected chi connectivity index (χ0v) is 15.6. The maximum Gasteiger partial charge on any atom is 0.407 e. The lowest BCUT2D eigenvalue weighted by atomic mass is 10.2. The van der Waals surface area contributed by atoms with Gasteiger partial charge in [0, 0.05) is 13.1 Å². The molecule has 2 amide bonds. The molecule has 0 aliphatic rings. The summed E-state index contributed by atoms with van der Waals surface area (Å²) in [4.78, 5) is 33.0. The molecule has 3 N–H and O–H groups in total. The highest BCUT2D eigenvalue weighted by molar-refractivity contribution is 5.77. The number of hydrogen-bond acceptors (Lipinski definition) is 7. The van der Waals surface area contributed by atoms with Crippen LogP contribution in [0.5, 0.6) is 0 Å². The summed E-state index contributed by atoms with van der Waals surface area (Å²) in [5.74, 6) is -1.54. The van der Waals surface area contributed by atoms with Crippen LogP contribution < -0.4 is 10.6 Å². The van der Waals surface area contributed by atoms with Gasteiger partial charge in [0.05, 0.1) is 26.4 Å². The van der Waals surface area contributed by atoms with Crippen molar-refractivity contribution < 1.29 is 38.4 Å². The highest BCUT2D eigenvalue weighted by Crippen LogP contribution is 2.00. The van der Waals surface area contributed by atoms with Gasteiger partial charge >= 0.3 is 12.1 Å². The Morgan fingerprint density at radius 2 is 1.46 bits per heavy atom. The van der Waals surface area contributed by atoms with Crippen LogP contribution in [0.25, 0.3) is 0 Å². The van der Waals surface area contributed by atoms with Gasteiger partial charge in [0.1, 0.15) is 19.8 Å². The second-order valence-electron chi connectivity index (χ2n) is 5.45. The van der Waals surface area contributed by atoms with E-state index in [1.54, 1.807) is 0 Å². The molecule has 0 spiro atoms. The summed E-state index contributed by atoms with van der Waals surface area (Å²) < 4.78 is 20.2. The summed E-state index contributed by atoms with van der Waals surface area (Å²) in [6.07, 6.45) is -0.508. The number of benzene rings is 1. The summed E-state index contributed by atoms with van der Waals surface area (Å²) >= 11 is 0. The average molecular weight is 398 g/mol. The van der Waals surface area contributed by atoms with Crippen LogP contribution in [0.4, 0.5) is 4.79 Å². The molecule has 0 unspecified atom stereocenters. The van der Waals surface area contributed by atoms with Crippen molar-refractivity contribution in [2.24, 2.45) is 0 Å². The van der Waals surface area contributed by atoms with E-state index >= 15 is 0 Å². The van der Waals surface area contributed by atoms with Gasteiger partial charge < -0.3 is 34.7 Å². The molecule has 10 heteroatoms. The van der Waals surface area contributed by atoms with E-state index in [1.807, 2.05) is 30.3 Å². The van der Waals surface area contributed by atoms with Crippen molar-refractivity contribution in [2.45, 2.75) is 6.61 Å². The first-order valence-electron chi connectivity index (χ1n) is 8.74. The quantitative estimate of drug-likeness (QED) is 0.356. The fourth-order valence-corrected chi connectivity index (χ4v) is 1.87. The fraction of sp³-hybridized carbons (Fsp3) is 0.500. The van der Waals surface area contributed by atoms with Crippen molar-refractivity contribution in [3.05, 3.63) is 35.9 Å². The standard InChI is InChI=1S/C18H26N2O8/c21-16(13-27-14-17(22)23)19-6-8-25-10-11-26-9-7-20-18(24)28-12-15-4-2-1-3-5-15/h1-5H,6-14H2,(H,19,21)(H,20,24)(H,22,23). The molecule has 1 aromatic carbocycles. The number of amides is 2. The molecule has 1 rings (SSSR count). The van der Waals surface area contributed by atoms with Gasteiger partial charge in [-0.05, 0) is 5.56 Å². The van der Waals surface area contributed by atoms with E-state index in [9.17, 15) is 14.4 Å². The Balaban J connectivity index is 1.84. The molecule has 0 bridgehead atoms. The van der Waals surface area contributed by atoms with Gasteiger partial charge in [-0.3, -0.25) is 4.79 Å². The Labute approximate surface area is 163 Å². The van der Waals surface area contributed by atoms with Crippen molar-refractivity contribution >= 4 is 18.0 Å². The molecule has 0 radical (unpaired) electrons. The number of alkyl carbamates (subject to hydrolysis) is 1. The number of carbonyl (C=O) groups is 3. The third-order valence-corrected chi connectivity index (χ3v) is 3.13. The van der Waals surface area contributed by atoms with E-state index in [2.05, 4.69) is 15.4 Å². The number of carboxylic acid groups (broad SMARTS) is 1. The lowest BCUT2D eigenvalue weighted by Gasteiger charge is -2.09. The molecular weight excluding hydrogens is 372 g/mol. The van der Waals surface area contributed by atoms with E-state index < -0.39 is 24.6 Å².